The van der Waals surface area contributed by atoms with Crippen LogP contribution in [0, 0.1) is 10.1 Å². The summed E-state index contributed by atoms with van der Waals surface area (Å²) in [6, 6.07) is 12.9. The lowest BCUT2D eigenvalue weighted by molar-refractivity contribution is -0.384. The van der Waals surface area contributed by atoms with Crippen molar-refractivity contribution >= 4 is 33.3 Å². The Hall–Kier alpha value is -2.41. The number of halogens is 1. The number of carbonyl (C=O) groups excluding carboxylic acids is 1. The van der Waals surface area contributed by atoms with Crippen LogP contribution in [0.25, 0.3) is 0 Å². The largest absolute Gasteiger partial charge is 0.334 e. The van der Waals surface area contributed by atoms with Gasteiger partial charge in [0.1, 0.15) is 0 Å². The first-order valence-electron chi connectivity index (χ1n) is 6.09. The van der Waals surface area contributed by atoms with Gasteiger partial charge in [0, 0.05) is 28.8 Å². The number of nitrogens with one attached hydrogen (secondary N) is 2. The molecule has 0 unspecified atom stereocenters. The van der Waals surface area contributed by atoms with Crippen molar-refractivity contribution in [1.29, 1.82) is 0 Å². The minimum atomic E-state index is -0.510. The Morgan fingerprint density at radius 3 is 2.67 bits per heavy atom. The third kappa shape index (κ3) is 4.28. The second-order valence-electron chi connectivity index (χ2n) is 4.21. The van der Waals surface area contributed by atoms with Crippen LogP contribution in [0.15, 0.2) is 53.0 Å². The molecule has 0 heterocycles. The number of non-ortho nitro benzene ring substituents is 1. The Bertz CT molecular complexity index is 676. The minimum absolute atomic E-state index is 0.0707. The lowest BCUT2D eigenvalue weighted by Crippen LogP contribution is -2.28. The summed E-state index contributed by atoms with van der Waals surface area (Å²) in [7, 11) is 0. The molecule has 6 nitrogen and oxygen atoms in total. The fourth-order valence-electron chi connectivity index (χ4n) is 1.69. The maximum Gasteiger partial charge on any atom is 0.319 e. The number of nitro groups is 1. The van der Waals surface area contributed by atoms with E-state index in [9.17, 15) is 14.9 Å². The fraction of sp³-hybridized carbons (Fsp3) is 0.0714. The fourth-order valence-corrected chi connectivity index (χ4v) is 2.11. The molecule has 0 aliphatic carbocycles. The van der Waals surface area contributed by atoms with Crippen molar-refractivity contribution in [2.45, 2.75) is 6.54 Å². The van der Waals surface area contributed by atoms with Gasteiger partial charge in [-0.05, 0) is 17.7 Å². The van der Waals surface area contributed by atoms with Gasteiger partial charge in [-0.1, -0.05) is 40.2 Å². The van der Waals surface area contributed by atoms with E-state index in [2.05, 4.69) is 26.6 Å². The number of anilines is 1. The van der Waals surface area contributed by atoms with E-state index < -0.39 is 11.0 Å². The van der Waals surface area contributed by atoms with Gasteiger partial charge in [0.15, 0.2) is 0 Å². The van der Waals surface area contributed by atoms with E-state index >= 15 is 0 Å². The normalized spacial score (nSPS) is 9.95. The molecule has 2 rings (SSSR count). The van der Waals surface area contributed by atoms with Gasteiger partial charge in [-0.2, -0.15) is 0 Å². The summed E-state index contributed by atoms with van der Waals surface area (Å²) < 4.78 is 0.903. The molecule has 2 aromatic rings. The Balaban J connectivity index is 1.95. The number of nitrogens with zero attached hydrogens (tertiary/aromatic N) is 1. The molecule has 7 heteroatoms. The van der Waals surface area contributed by atoms with Crippen molar-refractivity contribution < 1.29 is 9.72 Å². The summed E-state index contributed by atoms with van der Waals surface area (Å²) in [4.78, 5) is 21.9. The number of hydrogen-bond acceptors (Lipinski definition) is 3. The van der Waals surface area contributed by atoms with Crippen molar-refractivity contribution in [1.82, 2.24) is 5.32 Å². The third-order valence-corrected chi connectivity index (χ3v) is 3.49. The zero-order valence-electron chi connectivity index (χ0n) is 10.9. The van der Waals surface area contributed by atoms with Gasteiger partial charge in [0.25, 0.3) is 5.69 Å². The van der Waals surface area contributed by atoms with Gasteiger partial charge >= 0.3 is 6.03 Å². The van der Waals surface area contributed by atoms with Crippen molar-refractivity contribution in [3.8, 4) is 0 Å². The molecule has 0 radical (unpaired) electrons. The molecule has 0 spiro atoms. The molecule has 0 fully saturated rings. The summed E-state index contributed by atoms with van der Waals surface area (Å²) in [5.41, 5.74) is 1.24. The molecular weight excluding hydrogens is 338 g/mol. The van der Waals surface area contributed by atoms with E-state index in [4.69, 9.17) is 0 Å². The monoisotopic (exact) mass is 349 g/mol. The predicted molar refractivity (Wildman–Crippen MR) is 83.1 cm³/mol. The van der Waals surface area contributed by atoms with Crippen molar-refractivity contribution in [3.63, 3.8) is 0 Å². The first kappa shape index (κ1) is 15.0. The smallest absolute Gasteiger partial charge is 0.319 e. The van der Waals surface area contributed by atoms with Crippen LogP contribution in [0.4, 0.5) is 16.2 Å². The molecular formula is C14H12BrN3O3. The average molecular weight is 350 g/mol. The molecule has 0 aromatic heterocycles. The molecule has 2 N–H and O–H groups in total. The lowest BCUT2D eigenvalue weighted by atomic mass is 10.2. The van der Waals surface area contributed by atoms with E-state index in [1.54, 1.807) is 6.07 Å². The maximum atomic E-state index is 11.8. The number of carbonyl (C=O) groups is 1. The topological polar surface area (TPSA) is 84.3 Å². The number of benzene rings is 2. The molecule has 0 bridgehead atoms. The Labute approximate surface area is 129 Å². The standard InChI is InChI=1S/C14H12BrN3O3/c15-13-7-2-1-4-10(13)9-16-14(19)17-11-5-3-6-12(8-11)18(20)21/h1-8H,9H2,(H2,16,17,19). The molecule has 0 aliphatic rings. The number of nitro benzene ring substituents is 1. The van der Waals surface area contributed by atoms with Crippen LogP contribution in [0.1, 0.15) is 5.56 Å². The minimum Gasteiger partial charge on any atom is -0.334 e. The van der Waals surface area contributed by atoms with Crippen molar-refractivity contribution in [3.05, 3.63) is 68.7 Å². The Morgan fingerprint density at radius 1 is 1.19 bits per heavy atom. The molecule has 0 saturated carbocycles. The summed E-state index contributed by atoms with van der Waals surface area (Å²) in [5.74, 6) is 0. The first-order chi connectivity index (χ1) is 10.1. The highest BCUT2D eigenvalue weighted by Gasteiger charge is 2.08. The van der Waals surface area contributed by atoms with E-state index in [-0.39, 0.29) is 5.69 Å². The zero-order chi connectivity index (χ0) is 15.2. The summed E-state index contributed by atoms with van der Waals surface area (Å²) >= 11 is 3.39. The number of urea groups is 1. The van der Waals surface area contributed by atoms with Gasteiger partial charge in [-0.25, -0.2) is 4.79 Å². The molecule has 0 aliphatic heterocycles. The highest BCUT2D eigenvalue weighted by Crippen LogP contribution is 2.17. The zero-order valence-corrected chi connectivity index (χ0v) is 12.5. The van der Waals surface area contributed by atoms with E-state index in [0.29, 0.717) is 12.2 Å². The average Bonchev–Trinajstić information content (AvgIpc) is 2.46. The summed E-state index contributed by atoms with van der Waals surface area (Å²) in [5, 5.41) is 15.9. The third-order valence-electron chi connectivity index (χ3n) is 2.71. The maximum absolute atomic E-state index is 11.8. The number of hydrogen-bond donors (Lipinski definition) is 2. The van der Waals surface area contributed by atoms with Gasteiger partial charge in [-0.3, -0.25) is 10.1 Å². The predicted octanol–water partition coefficient (Wildman–Crippen LogP) is 3.68. The summed E-state index contributed by atoms with van der Waals surface area (Å²) in [6.45, 7) is 0.349. The van der Waals surface area contributed by atoms with Crippen LogP contribution in [-0.4, -0.2) is 11.0 Å². The van der Waals surface area contributed by atoms with Crippen LogP contribution in [0.3, 0.4) is 0 Å². The van der Waals surface area contributed by atoms with Crippen molar-refractivity contribution in [2.75, 3.05) is 5.32 Å². The van der Waals surface area contributed by atoms with Gasteiger partial charge in [0.05, 0.1) is 4.92 Å². The highest BCUT2D eigenvalue weighted by molar-refractivity contribution is 9.10. The van der Waals surface area contributed by atoms with Gasteiger partial charge in [0.2, 0.25) is 0 Å². The SMILES string of the molecule is O=C(NCc1ccccc1Br)Nc1cccc([N+](=O)[O-])c1. The van der Waals surface area contributed by atoms with Crippen LogP contribution in [0.5, 0.6) is 0 Å². The quantitative estimate of drug-likeness (QED) is 0.652. The van der Waals surface area contributed by atoms with Crippen LogP contribution < -0.4 is 10.6 Å². The second kappa shape index (κ2) is 6.85. The van der Waals surface area contributed by atoms with E-state index in [0.717, 1.165) is 10.0 Å². The second-order valence-corrected chi connectivity index (χ2v) is 5.06. The van der Waals surface area contributed by atoms with Gasteiger partial charge in [-0.15, -0.1) is 0 Å². The lowest BCUT2D eigenvalue weighted by Gasteiger charge is -2.08. The first-order valence-corrected chi connectivity index (χ1v) is 6.88. The van der Waals surface area contributed by atoms with Crippen LogP contribution >= 0.6 is 15.9 Å². The highest BCUT2D eigenvalue weighted by atomic mass is 79.9. The van der Waals surface area contributed by atoms with E-state index in [1.807, 2.05) is 24.3 Å². The van der Waals surface area contributed by atoms with Crippen LogP contribution in [0.2, 0.25) is 0 Å². The molecule has 108 valence electrons. The van der Waals surface area contributed by atoms with Gasteiger partial charge < -0.3 is 10.6 Å². The molecule has 2 aromatic carbocycles. The summed E-state index contributed by atoms with van der Waals surface area (Å²) in [6.07, 6.45) is 0. The van der Waals surface area contributed by atoms with Crippen LogP contribution in [-0.2, 0) is 6.54 Å². The molecule has 2 amide bonds. The van der Waals surface area contributed by atoms with E-state index in [1.165, 1.54) is 18.2 Å². The molecule has 0 saturated heterocycles. The van der Waals surface area contributed by atoms with Crippen molar-refractivity contribution in [2.24, 2.45) is 0 Å². The molecule has 21 heavy (non-hydrogen) atoms. The Morgan fingerprint density at radius 2 is 1.95 bits per heavy atom. The molecule has 0 atom stereocenters. The Kier molecular flexibility index (Phi) is 4.89. The number of amides is 2. The number of rotatable bonds is 4.